The van der Waals surface area contributed by atoms with Crippen molar-refractivity contribution in [1.29, 1.82) is 0 Å². The molecule has 3 aliphatic carbocycles. The normalized spacial score (nSPS) is 34.5. The van der Waals surface area contributed by atoms with E-state index in [1.165, 1.54) is 50.9 Å². The second-order valence-electron chi connectivity index (χ2n) is 8.80. The molecule has 0 aromatic heterocycles. The molecule has 2 saturated carbocycles. The zero-order valence-electron chi connectivity index (χ0n) is 15.1. The zero-order valence-corrected chi connectivity index (χ0v) is 15.1. The van der Waals surface area contributed by atoms with Gasteiger partial charge in [-0.3, -0.25) is 0 Å². The smallest absolute Gasteiger partial charge is 0.0206 e. The van der Waals surface area contributed by atoms with Crippen LogP contribution >= 0.6 is 0 Å². The van der Waals surface area contributed by atoms with Crippen LogP contribution in [0.5, 0.6) is 0 Å². The van der Waals surface area contributed by atoms with Gasteiger partial charge in [0.15, 0.2) is 0 Å². The van der Waals surface area contributed by atoms with E-state index in [1.807, 2.05) is 0 Å². The molecule has 3 rings (SSSR count). The van der Waals surface area contributed by atoms with Crippen molar-refractivity contribution in [3.63, 3.8) is 0 Å². The van der Waals surface area contributed by atoms with Crippen LogP contribution in [-0.2, 0) is 0 Å². The summed E-state index contributed by atoms with van der Waals surface area (Å²) in [6.07, 6.45) is 9.53. The Balaban J connectivity index is 1.55. The van der Waals surface area contributed by atoms with Crippen molar-refractivity contribution in [1.82, 2.24) is 4.90 Å². The van der Waals surface area contributed by atoms with Gasteiger partial charge in [0, 0.05) is 18.8 Å². The van der Waals surface area contributed by atoms with E-state index in [1.54, 1.807) is 5.57 Å². The third-order valence-electron chi connectivity index (χ3n) is 6.12. The van der Waals surface area contributed by atoms with Gasteiger partial charge in [-0.1, -0.05) is 39.0 Å². The molecule has 0 bridgehead atoms. The van der Waals surface area contributed by atoms with Gasteiger partial charge in [-0.15, -0.1) is 0 Å². The molecule has 2 fully saturated rings. The third-order valence-corrected chi connectivity index (χ3v) is 6.12. The number of hydrogen-bond acceptors (Lipinski definition) is 1. The highest BCUT2D eigenvalue weighted by atomic mass is 15.2. The number of allylic oxidation sites excluding steroid dienone is 3. The SMILES string of the molecule is C=C(C1CC1)N(CC(C)C)CC1CC1C1CCC(C)=CC1C. The first kappa shape index (κ1) is 16.1. The van der Waals surface area contributed by atoms with Crippen LogP contribution in [0.3, 0.4) is 0 Å². The van der Waals surface area contributed by atoms with Gasteiger partial charge in [-0.05, 0) is 74.5 Å². The minimum Gasteiger partial charge on any atom is -0.375 e. The lowest BCUT2D eigenvalue weighted by Crippen LogP contribution is -2.30. The predicted molar refractivity (Wildman–Crippen MR) is 95.5 cm³/mol. The average molecular weight is 302 g/mol. The quantitative estimate of drug-likeness (QED) is 0.561. The Hall–Kier alpha value is -0.720. The van der Waals surface area contributed by atoms with Crippen LogP contribution in [0.1, 0.15) is 59.8 Å². The molecule has 3 aliphatic rings. The Kier molecular flexibility index (Phi) is 4.71. The molecule has 0 spiro atoms. The average Bonchev–Trinajstić information content (AvgIpc) is 3.31. The lowest BCUT2D eigenvalue weighted by molar-refractivity contribution is 0.253. The van der Waals surface area contributed by atoms with Crippen molar-refractivity contribution >= 4 is 0 Å². The van der Waals surface area contributed by atoms with Crippen LogP contribution in [0, 0.1) is 35.5 Å². The summed E-state index contributed by atoms with van der Waals surface area (Å²) >= 11 is 0. The van der Waals surface area contributed by atoms with Crippen molar-refractivity contribution < 1.29 is 0 Å². The maximum Gasteiger partial charge on any atom is 0.0206 e. The first-order valence-electron chi connectivity index (χ1n) is 9.56. The summed E-state index contributed by atoms with van der Waals surface area (Å²) in [7, 11) is 0. The standard InChI is InChI=1S/C21H35N/c1-14(2)12-22(17(5)18-7-8-18)13-19-11-21(19)20-9-6-15(3)10-16(20)4/h10,14,16,18-21H,5-9,11-13H2,1-4H3. The Morgan fingerprint density at radius 3 is 2.59 bits per heavy atom. The largest absolute Gasteiger partial charge is 0.375 e. The molecule has 0 heterocycles. The summed E-state index contributed by atoms with van der Waals surface area (Å²) in [5.74, 6) is 5.23. The second-order valence-corrected chi connectivity index (χ2v) is 8.80. The number of nitrogens with zero attached hydrogens (tertiary/aromatic N) is 1. The van der Waals surface area contributed by atoms with E-state index in [0.29, 0.717) is 0 Å². The van der Waals surface area contributed by atoms with Crippen LogP contribution in [0.4, 0.5) is 0 Å². The van der Waals surface area contributed by atoms with Gasteiger partial charge in [0.05, 0.1) is 0 Å². The summed E-state index contributed by atoms with van der Waals surface area (Å²) in [6.45, 7) is 16.3. The van der Waals surface area contributed by atoms with Gasteiger partial charge in [0.2, 0.25) is 0 Å². The molecule has 0 aliphatic heterocycles. The topological polar surface area (TPSA) is 3.24 Å². The van der Waals surface area contributed by atoms with Crippen molar-refractivity contribution in [2.24, 2.45) is 35.5 Å². The Labute approximate surface area is 137 Å². The van der Waals surface area contributed by atoms with E-state index in [0.717, 1.165) is 35.5 Å². The molecular weight excluding hydrogens is 266 g/mol. The van der Waals surface area contributed by atoms with Crippen LogP contribution in [-0.4, -0.2) is 18.0 Å². The predicted octanol–water partition coefficient (Wildman–Crippen LogP) is 5.50. The maximum atomic E-state index is 4.43. The lowest BCUT2D eigenvalue weighted by Gasteiger charge is -2.31. The van der Waals surface area contributed by atoms with E-state index < -0.39 is 0 Å². The molecule has 4 unspecified atom stereocenters. The fourth-order valence-corrected chi connectivity index (χ4v) is 4.63. The highest BCUT2D eigenvalue weighted by molar-refractivity contribution is 5.12. The molecule has 0 radical (unpaired) electrons. The van der Waals surface area contributed by atoms with Crippen molar-refractivity contribution in [2.75, 3.05) is 13.1 Å². The summed E-state index contributed by atoms with van der Waals surface area (Å²) in [6, 6.07) is 0. The van der Waals surface area contributed by atoms with E-state index in [2.05, 4.69) is 45.2 Å². The highest BCUT2D eigenvalue weighted by Gasteiger charge is 2.45. The second kappa shape index (κ2) is 6.42. The van der Waals surface area contributed by atoms with Gasteiger partial charge in [0.1, 0.15) is 0 Å². The summed E-state index contributed by atoms with van der Waals surface area (Å²) in [5.41, 5.74) is 3.07. The monoisotopic (exact) mass is 301 g/mol. The molecule has 0 aromatic carbocycles. The number of rotatable bonds is 7. The van der Waals surface area contributed by atoms with Crippen LogP contribution in [0.25, 0.3) is 0 Å². The van der Waals surface area contributed by atoms with E-state index in [4.69, 9.17) is 0 Å². The molecule has 0 amide bonds. The molecule has 124 valence electrons. The first-order valence-corrected chi connectivity index (χ1v) is 9.56. The summed E-state index contributed by atoms with van der Waals surface area (Å²) < 4.78 is 0. The molecular formula is C21H35N. The molecule has 4 atom stereocenters. The molecule has 0 saturated heterocycles. The Morgan fingerprint density at radius 2 is 2.00 bits per heavy atom. The van der Waals surface area contributed by atoms with Crippen molar-refractivity contribution in [3.05, 3.63) is 23.9 Å². The van der Waals surface area contributed by atoms with Crippen LogP contribution in [0.2, 0.25) is 0 Å². The lowest BCUT2D eigenvalue weighted by atomic mass is 9.78. The van der Waals surface area contributed by atoms with Gasteiger partial charge in [-0.2, -0.15) is 0 Å². The zero-order chi connectivity index (χ0) is 15.9. The Morgan fingerprint density at radius 1 is 1.27 bits per heavy atom. The summed E-state index contributed by atoms with van der Waals surface area (Å²) in [5, 5.41) is 0. The summed E-state index contributed by atoms with van der Waals surface area (Å²) in [4.78, 5) is 2.65. The maximum absolute atomic E-state index is 4.43. The first-order chi connectivity index (χ1) is 10.5. The van der Waals surface area contributed by atoms with Gasteiger partial charge in [0.25, 0.3) is 0 Å². The van der Waals surface area contributed by atoms with E-state index >= 15 is 0 Å². The fraction of sp³-hybridized carbons (Fsp3) is 0.810. The van der Waals surface area contributed by atoms with Crippen LogP contribution < -0.4 is 0 Å². The minimum absolute atomic E-state index is 0.742. The number of hydrogen-bond donors (Lipinski definition) is 0. The van der Waals surface area contributed by atoms with Gasteiger partial charge in [-0.25, -0.2) is 0 Å². The molecule has 0 N–H and O–H groups in total. The minimum atomic E-state index is 0.742. The van der Waals surface area contributed by atoms with Crippen molar-refractivity contribution in [3.8, 4) is 0 Å². The van der Waals surface area contributed by atoms with Gasteiger partial charge < -0.3 is 4.90 Å². The van der Waals surface area contributed by atoms with Crippen LogP contribution in [0.15, 0.2) is 23.9 Å². The van der Waals surface area contributed by atoms with E-state index in [9.17, 15) is 0 Å². The molecule has 1 nitrogen and oxygen atoms in total. The molecule has 1 heteroatoms. The highest BCUT2D eigenvalue weighted by Crippen LogP contribution is 2.51. The van der Waals surface area contributed by atoms with Crippen molar-refractivity contribution in [2.45, 2.75) is 59.8 Å². The fourth-order valence-electron chi connectivity index (χ4n) is 4.63. The van der Waals surface area contributed by atoms with Gasteiger partial charge >= 0.3 is 0 Å². The molecule has 0 aromatic rings. The Bertz CT molecular complexity index is 443. The molecule has 22 heavy (non-hydrogen) atoms. The third kappa shape index (κ3) is 3.78. The van der Waals surface area contributed by atoms with E-state index in [-0.39, 0.29) is 0 Å².